The molecule has 1 aromatic rings. The lowest BCUT2D eigenvalue weighted by molar-refractivity contribution is -0.0148. The molecule has 1 aliphatic carbocycles. The summed E-state index contributed by atoms with van der Waals surface area (Å²) < 4.78 is 10.9. The second-order valence-electron chi connectivity index (χ2n) is 4.85. The maximum atomic E-state index is 12.2. The van der Waals surface area contributed by atoms with Gasteiger partial charge in [0.1, 0.15) is 6.10 Å². The summed E-state index contributed by atoms with van der Waals surface area (Å²) in [7, 11) is 3.51. The summed E-state index contributed by atoms with van der Waals surface area (Å²) in [6.45, 7) is 0. The molecule has 0 saturated heterocycles. The number of hydrogen-bond acceptors (Lipinski definition) is 4. The lowest BCUT2D eigenvalue weighted by Crippen LogP contribution is -2.29. The van der Waals surface area contributed by atoms with Crippen molar-refractivity contribution in [2.75, 3.05) is 19.5 Å². The zero-order valence-corrected chi connectivity index (χ0v) is 11.5. The van der Waals surface area contributed by atoms with Crippen LogP contribution >= 0.6 is 0 Å². The largest absolute Gasteiger partial charge is 0.459 e. The van der Waals surface area contributed by atoms with E-state index in [0.717, 1.165) is 31.4 Å². The van der Waals surface area contributed by atoms with Crippen molar-refractivity contribution in [2.24, 2.45) is 0 Å². The molecule has 1 aromatic carbocycles. The third-order valence-corrected chi connectivity index (χ3v) is 3.60. The number of methoxy groups -OCH3 is 1. The predicted molar refractivity (Wildman–Crippen MR) is 74.5 cm³/mol. The molecule has 0 bridgehead atoms. The van der Waals surface area contributed by atoms with Crippen LogP contribution in [0.1, 0.15) is 36.0 Å². The van der Waals surface area contributed by atoms with E-state index in [4.69, 9.17) is 9.47 Å². The number of rotatable bonds is 4. The average molecular weight is 263 g/mol. The van der Waals surface area contributed by atoms with Gasteiger partial charge in [0, 0.05) is 26.3 Å². The van der Waals surface area contributed by atoms with Crippen LogP contribution in [0.15, 0.2) is 24.3 Å². The SMILES string of the molecule is CNc1ccccc1C(=O)OC1CCCC(OC)C1. The fraction of sp³-hybridized carbons (Fsp3) is 0.533. The van der Waals surface area contributed by atoms with Gasteiger partial charge in [-0.25, -0.2) is 4.79 Å². The summed E-state index contributed by atoms with van der Waals surface area (Å²) in [5, 5.41) is 3.01. The van der Waals surface area contributed by atoms with Gasteiger partial charge in [-0.3, -0.25) is 0 Å². The van der Waals surface area contributed by atoms with Crippen molar-refractivity contribution in [1.82, 2.24) is 0 Å². The van der Waals surface area contributed by atoms with Gasteiger partial charge in [-0.15, -0.1) is 0 Å². The number of ether oxygens (including phenoxy) is 2. The van der Waals surface area contributed by atoms with Crippen LogP contribution in [0, 0.1) is 0 Å². The molecule has 19 heavy (non-hydrogen) atoms. The lowest BCUT2D eigenvalue weighted by Gasteiger charge is -2.28. The minimum atomic E-state index is -0.258. The Labute approximate surface area is 114 Å². The van der Waals surface area contributed by atoms with Crippen LogP contribution in [0.4, 0.5) is 5.69 Å². The third-order valence-electron chi connectivity index (χ3n) is 3.60. The molecule has 1 aliphatic rings. The minimum Gasteiger partial charge on any atom is -0.459 e. The van der Waals surface area contributed by atoms with Gasteiger partial charge in [0.2, 0.25) is 0 Å². The summed E-state index contributed by atoms with van der Waals surface area (Å²) in [5.41, 5.74) is 1.39. The van der Waals surface area contributed by atoms with E-state index in [1.165, 1.54) is 0 Å². The molecule has 0 aromatic heterocycles. The molecule has 0 radical (unpaired) electrons. The van der Waals surface area contributed by atoms with Gasteiger partial charge < -0.3 is 14.8 Å². The van der Waals surface area contributed by atoms with Gasteiger partial charge in [0.25, 0.3) is 0 Å². The van der Waals surface area contributed by atoms with Crippen molar-refractivity contribution in [3.8, 4) is 0 Å². The van der Waals surface area contributed by atoms with Crippen LogP contribution in [0.5, 0.6) is 0 Å². The fourth-order valence-corrected chi connectivity index (χ4v) is 2.52. The van der Waals surface area contributed by atoms with E-state index in [0.29, 0.717) is 5.56 Å². The van der Waals surface area contributed by atoms with Crippen molar-refractivity contribution in [2.45, 2.75) is 37.9 Å². The summed E-state index contributed by atoms with van der Waals surface area (Å²) in [6.07, 6.45) is 4.00. The van der Waals surface area contributed by atoms with Crippen molar-refractivity contribution in [1.29, 1.82) is 0 Å². The Morgan fingerprint density at radius 2 is 2.00 bits per heavy atom. The first kappa shape index (κ1) is 13.9. The zero-order valence-electron chi connectivity index (χ0n) is 11.5. The van der Waals surface area contributed by atoms with Crippen LogP contribution in [0.3, 0.4) is 0 Å². The standard InChI is InChI=1S/C15H21NO3/c1-16-14-9-4-3-8-13(14)15(17)19-12-7-5-6-11(10-12)18-2/h3-4,8-9,11-12,16H,5-7,10H2,1-2H3. The Hall–Kier alpha value is -1.55. The third kappa shape index (κ3) is 3.47. The first-order chi connectivity index (χ1) is 9.24. The summed E-state index contributed by atoms with van der Waals surface area (Å²) in [6, 6.07) is 7.39. The predicted octanol–water partition coefficient (Wildman–Crippen LogP) is 2.84. The average Bonchev–Trinajstić information content (AvgIpc) is 2.47. The molecular formula is C15H21NO3. The van der Waals surface area contributed by atoms with Gasteiger partial charge in [-0.1, -0.05) is 12.1 Å². The zero-order chi connectivity index (χ0) is 13.7. The Morgan fingerprint density at radius 1 is 1.26 bits per heavy atom. The Bertz CT molecular complexity index is 433. The number of esters is 1. The Kier molecular flexibility index (Phi) is 4.80. The van der Waals surface area contributed by atoms with E-state index >= 15 is 0 Å². The van der Waals surface area contributed by atoms with Gasteiger partial charge in [-0.2, -0.15) is 0 Å². The number of carbonyl (C=O) groups is 1. The van der Waals surface area contributed by atoms with Crippen molar-refractivity contribution in [3.63, 3.8) is 0 Å². The highest BCUT2D eigenvalue weighted by Crippen LogP contribution is 2.25. The van der Waals surface area contributed by atoms with Gasteiger partial charge in [0.15, 0.2) is 0 Å². The maximum Gasteiger partial charge on any atom is 0.340 e. The molecule has 1 saturated carbocycles. The highest BCUT2D eigenvalue weighted by Gasteiger charge is 2.25. The summed E-state index contributed by atoms with van der Waals surface area (Å²) in [4.78, 5) is 12.2. The molecule has 104 valence electrons. The van der Waals surface area contributed by atoms with Crippen LogP contribution in [0.25, 0.3) is 0 Å². The molecule has 2 unspecified atom stereocenters. The Balaban J connectivity index is 2.00. The fourth-order valence-electron chi connectivity index (χ4n) is 2.52. The molecule has 4 heteroatoms. The van der Waals surface area contributed by atoms with E-state index < -0.39 is 0 Å². The quantitative estimate of drug-likeness (QED) is 0.849. The number of para-hydroxylation sites is 1. The van der Waals surface area contributed by atoms with E-state index in [-0.39, 0.29) is 18.2 Å². The van der Waals surface area contributed by atoms with E-state index in [1.807, 2.05) is 18.2 Å². The first-order valence-electron chi connectivity index (χ1n) is 6.75. The minimum absolute atomic E-state index is 0.0314. The molecule has 0 amide bonds. The first-order valence-corrected chi connectivity index (χ1v) is 6.75. The highest BCUT2D eigenvalue weighted by atomic mass is 16.5. The number of hydrogen-bond donors (Lipinski definition) is 1. The number of anilines is 1. The number of carbonyl (C=O) groups excluding carboxylic acids is 1. The molecule has 1 N–H and O–H groups in total. The molecule has 2 rings (SSSR count). The van der Waals surface area contributed by atoms with E-state index in [1.54, 1.807) is 20.2 Å². The monoisotopic (exact) mass is 263 g/mol. The van der Waals surface area contributed by atoms with Crippen LogP contribution in [-0.4, -0.2) is 32.3 Å². The molecule has 1 fully saturated rings. The molecule has 2 atom stereocenters. The smallest absolute Gasteiger partial charge is 0.340 e. The normalized spacial score (nSPS) is 22.8. The summed E-state index contributed by atoms with van der Waals surface area (Å²) in [5.74, 6) is -0.258. The van der Waals surface area contributed by atoms with Crippen molar-refractivity contribution >= 4 is 11.7 Å². The molecule has 0 spiro atoms. The Morgan fingerprint density at radius 3 is 2.74 bits per heavy atom. The molecular weight excluding hydrogens is 242 g/mol. The van der Waals surface area contributed by atoms with Gasteiger partial charge in [-0.05, 0) is 31.4 Å². The summed E-state index contributed by atoms with van der Waals surface area (Å²) >= 11 is 0. The topological polar surface area (TPSA) is 47.6 Å². The van der Waals surface area contributed by atoms with Gasteiger partial charge >= 0.3 is 5.97 Å². The van der Waals surface area contributed by atoms with E-state index in [9.17, 15) is 4.79 Å². The second kappa shape index (κ2) is 6.57. The van der Waals surface area contributed by atoms with Gasteiger partial charge in [0.05, 0.1) is 11.7 Å². The van der Waals surface area contributed by atoms with Crippen LogP contribution in [0.2, 0.25) is 0 Å². The molecule has 0 heterocycles. The van der Waals surface area contributed by atoms with E-state index in [2.05, 4.69) is 5.32 Å². The maximum absolute atomic E-state index is 12.2. The molecule has 0 aliphatic heterocycles. The van der Waals surface area contributed by atoms with Crippen molar-refractivity contribution < 1.29 is 14.3 Å². The van der Waals surface area contributed by atoms with Crippen LogP contribution in [-0.2, 0) is 9.47 Å². The highest BCUT2D eigenvalue weighted by molar-refractivity contribution is 5.95. The number of nitrogens with one attached hydrogen (secondary N) is 1. The van der Waals surface area contributed by atoms with Crippen molar-refractivity contribution in [3.05, 3.63) is 29.8 Å². The van der Waals surface area contributed by atoms with Crippen LogP contribution < -0.4 is 5.32 Å². The molecule has 4 nitrogen and oxygen atoms in total. The number of benzene rings is 1. The lowest BCUT2D eigenvalue weighted by atomic mass is 9.95. The second-order valence-corrected chi connectivity index (χ2v) is 4.85.